The topological polar surface area (TPSA) is 38.8 Å². The van der Waals surface area contributed by atoms with Gasteiger partial charge in [0.1, 0.15) is 5.75 Å². The van der Waals surface area contributed by atoms with E-state index < -0.39 is 0 Å². The first-order valence-electron chi connectivity index (χ1n) is 6.26. The second-order valence-electron chi connectivity index (χ2n) is 4.70. The van der Waals surface area contributed by atoms with Crippen molar-refractivity contribution < 1.29 is 14.3 Å². The monoisotopic (exact) mass is 327 g/mol. The van der Waals surface area contributed by atoms with E-state index in [4.69, 9.17) is 9.47 Å². The highest BCUT2D eigenvalue weighted by Gasteiger charge is 2.29. The summed E-state index contributed by atoms with van der Waals surface area (Å²) in [5.41, 5.74) is 1.17. The summed E-state index contributed by atoms with van der Waals surface area (Å²) in [5, 5.41) is 0. The van der Waals surface area contributed by atoms with Crippen LogP contribution in [-0.2, 0) is 16.1 Å². The molecular formula is C14H18BrNO3. The number of ether oxygens (including phenoxy) is 2. The molecule has 1 atom stereocenters. The molecular weight excluding hydrogens is 310 g/mol. The van der Waals surface area contributed by atoms with Crippen LogP contribution in [0.1, 0.15) is 12.0 Å². The van der Waals surface area contributed by atoms with E-state index in [0.717, 1.165) is 36.3 Å². The van der Waals surface area contributed by atoms with Gasteiger partial charge < -0.3 is 9.47 Å². The summed E-state index contributed by atoms with van der Waals surface area (Å²) in [4.78, 5) is 13.8. The standard InChI is InChI=1S/C14H18BrNO3/c1-18-12-3-4-13(15)11(7-12)9-16-6-5-10(8-16)14(17)19-2/h3-4,7,10H,5-6,8-9H2,1-2H3. The molecule has 4 nitrogen and oxygen atoms in total. The molecule has 0 aliphatic carbocycles. The fourth-order valence-corrected chi connectivity index (χ4v) is 2.75. The molecule has 104 valence electrons. The Bertz CT molecular complexity index is 464. The Hall–Kier alpha value is -1.07. The highest BCUT2D eigenvalue weighted by Crippen LogP contribution is 2.26. The van der Waals surface area contributed by atoms with Gasteiger partial charge in [-0.1, -0.05) is 15.9 Å². The van der Waals surface area contributed by atoms with E-state index in [2.05, 4.69) is 20.8 Å². The van der Waals surface area contributed by atoms with Crippen molar-refractivity contribution in [3.8, 4) is 5.75 Å². The van der Waals surface area contributed by atoms with Gasteiger partial charge in [0.05, 0.1) is 20.1 Å². The molecule has 5 heteroatoms. The number of nitrogens with zero attached hydrogens (tertiary/aromatic N) is 1. The number of likely N-dealkylation sites (tertiary alicyclic amines) is 1. The predicted octanol–water partition coefficient (Wildman–Crippen LogP) is 2.45. The highest BCUT2D eigenvalue weighted by molar-refractivity contribution is 9.10. The number of hydrogen-bond acceptors (Lipinski definition) is 4. The molecule has 0 radical (unpaired) electrons. The summed E-state index contributed by atoms with van der Waals surface area (Å²) in [6.45, 7) is 2.49. The minimum Gasteiger partial charge on any atom is -0.497 e. The molecule has 0 spiro atoms. The molecule has 1 aliphatic heterocycles. The first-order chi connectivity index (χ1) is 9.13. The number of halogens is 1. The largest absolute Gasteiger partial charge is 0.497 e. The highest BCUT2D eigenvalue weighted by atomic mass is 79.9. The molecule has 1 aromatic carbocycles. The lowest BCUT2D eigenvalue weighted by atomic mass is 10.1. The van der Waals surface area contributed by atoms with Gasteiger partial charge >= 0.3 is 5.97 Å². The lowest BCUT2D eigenvalue weighted by molar-refractivity contribution is -0.144. The molecule has 1 unspecified atom stereocenters. The molecule has 2 rings (SSSR count). The summed E-state index contributed by atoms with van der Waals surface area (Å²) in [6, 6.07) is 5.94. The molecule has 0 N–H and O–H groups in total. The van der Waals surface area contributed by atoms with Crippen LogP contribution in [0, 0.1) is 5.92 Å². The minimum atomic E-state index is -0.104. The molecule has 0 saturated carbocycles. The van der Waals surface area contributed by atoms with Gasteiger partial charge in [-0.25, -0.2) is 0 Å². The Morgan fingerprint density at radius 2 is 2.26 bits per heavy atom. The fourth-order valence-electron chi connectivity index (χ4n) is 2.38. The van der Waals surface area contributed by atoms with Gasteiger partial charge in [-0.05, 0) is 36.7 Å². The SMILES string of the molecule is COC(=O)C1CCN(Cc2cc(OC)ccc2Br)C1. The van der Waals surface area contributed by atoms with Crippen molar-refractivity contribution in [1.82, 2.24) is 4.90 Å². The third kappa shape index (κ3) is 3.48. The van der Waals surface area contributed by atoms with Gasteiger partial charge in [0, 0.05) is 17.6 Å². The van der Waals surface area contributed by atoms with Crippen LogP contribution in [0.25, 0.3) is 0 Å². The van der Waals surface area contributed by atoms with Crippen molar-refractivity contribution in [3.63, 3.8) is 0 Å². The lowest BCUT2D eigenvalue weighted by Gasteiger charge is -2.17. The van der Waals surface area contributed by atoms with Crippen molar-refractivity contribution in [2.24, 2.45) is 5.92 Å². The van der Waals surface area contributed by atoms with E-state index in [1.54, 1.807) is 7.11 Å². The molecule has 1 fully saturated rings. The maximum atomic E-state index is 11.5. The van der Waals surface area contributed by atoms with Crippen molar-refractivity contribution in [3.05, 3.63) is 28.2 Å². The first kappa shape index (κ1) is 14.3. The molecule has 0 aromatic heterocycles. The first-order valence-corrected chi connectivity index (χ1v) is 7.06. The van der Waals surface area contributed by atoms with E-state index in [0.29, 0.717) is 0 Å². The van der Waals surface area contributed by atoms with Gasteiger partial charge in [-0.2, -0.15) is 0 Å². The van der Waals surface area contributed by atoms with Crippen LogP contribution in [0.5, 0.6) is 5.75 Å². The average molecular weight is 328 g/mol. The molecule has 1 aliphatic rings. The number of hydrogen-bond donors (Lipinski definition) is 0. The average Bonchev–Trinajstić information content (AvgIpc) is 2.89. The van der Waals surface area contributed by atoms with Crippen LogP contribution in [0.4, 0.5) is 0 Å². The second-order valence-corrected chi connectivity index (χ2v) is 5.56. The fraction of sp³-hybridized carbons (Fsp3) is 0.500. The number of methoxy groups -OCH3 is 2. The van der Waals surface area contributed by atoms with Crippen LogP contribution in [0.2, 0.25) is 0 Å². The summed E-state index contributed by atoms with van der Waals surface area (Å²) >= 11 is 3.55. The normalized spacial score (nSPS) is 19.4. The zero-order valence-electron chi connectivity index (χ0n) is 11.2. The summed E-state index contributed by atoms with van der Waals surface area (Å²) < 4.78 is 11.1. The molecule has 1 heterocycles. The predicted molar refractivity (Wildman–Crippen MR) is 76.1 cm³/mol. The van der Waals surface area contributed by atoms with Crippen LogP contribution in [0.15, 0.2) is 22.7 Å². The quantitative estimate of drug-likeness (QED) is 0.796. The Balaban J connectivity index is 2.01. The molecule has 0 bridgehead atoms. The van der Waals surface area contributed by atoms with Crippen LogP contribution >= 0.6 is 15.9 Å². The summed E-state index contributed by atoms with van der Waals surface area (Å²) in [6.07, 6.45) is 0.869. The Labute approximate surface area is 121 Å². The smallest absolute Gasteiger partial charge is 0.310 e. The van der Waals surface area contributed by atoms with Gasteiger partial charge in [-0.15, -0.1) is 0 Å². The van der Waals surface area contributed by atoms with E-state index in [9.17, 15) is 4.79 Å². The third-order valence-electron chi connectivity index (χ3n) is 3.45. The van der Waals surface area contributed by atoms with Crippen LogP contribution in [0.3, 0.4) is 0 Å². The van der Waals surface area contributed by atoms with E-state index in [-0.39, 0.29) is 11.9 Å². The number of carbonyl (C=O) groups is 1. The molecule has 0 amide bonds. The van der Waals surface area contributed by atoms with Gasteiger partial charge in [0.25, 0.3) is 0 Å². The van der Waals surface area contributed by atoms with Crippen molar-refractivity contribution in [2.75, 3.05) is 27.3 Å². The maximum absolute atomic E-state index is 11.5. The van der Waals surface area contributed by atoms with Crippen LogP contribution < -0.4 is 4.74 Å². The summed E-state index contributed by atoms with van der Waals surface area (Å²) in [5.74, 6) is 0.753. The van der Waals surface area contributed by atoms with Gasteiger partial charge in [0.15, 0.2) is 0 Å². The molecule has 19 heavy (non-hydrogen) atoms. The van der Waals surface area contributed by atoms with Crippen molar-refractivity contribution in [1.29, 1.82) is 0 Å². The zero-order valence-corrected chi connectivity index (χ0v) is 12.8. The molecule has 1 saturated heterocycles. The van der Waals surface area contributed by atoms with Crippen LogP contribution in [-0.4, -0.2) is 38.2 Å². The maximum Gasteiger partial charge on any atom is 0.310 e. The van der Waals surface area contributed by atoms with E-state index in [1.165, 1.54) is 12.7 Å². The number of esters is 1. The Morgan fingerprint density at radius 3 is 2.95 bits per heavy atom. The minimum absolute atomic E-state index is 0.00869. The second kappa shape index (κ2) is 6.39. The van der Waals surface area contributed by atoms with Crippen molar-refractivity contribution in [2.45, 2.75) is 13.0 Å². The zero-order chi connectivity index (χ0) is 13.8. The summed E-state index contributed by atoms with van der Waals surface area (Å²) in [7, 11) is 3.11. The number of carbonyl (C=O) groups excluding carboxylic acids is 1. The number of benzene rings is 1. The van der Waals surface area contributed by atoms with E-state index >= 15 is 0 Å². The third-order valence-corrected chi connectivity index (χ3v) is 4.23. The van der Waals surface area contributed by atoms with Gasteiger partial charge in [-0.3, -0.25) is 9.69 Å². The Kier molecular flexibility index (Phi) is 4.82. The Morgan fingerprint density at radius 1 is 1.47 bits per heavy atom. The number of rotatable bonds is 4. The van der Waals surface area contributed by atoms with E-state index in [1.807, 2.05) is 18.2 Å². The molecule has 1 aromatic rings. The lowest BCUT2D eigenvalue weighted by Crippen LogP contribution is -2.23. The van der Waals surface area contributed by atoms with Crippen molar-refractivity contribution >= 4 is 21.9 Å². The van der Waals surface area contributed by atoms with Gasteiger partial charge in [0.2, 0.25) is 0 Å².